The molecule has 2 aromatic carbocycles. The minimum Gasteiger partial charge on any atom is -0.493 e. The maximum Gasteiger partial charge on any atom is 0.323 e. The monoisotopic (exact) mass is 386 g/mol. The van der Waals surface area contributed by atoms with Gasteiger partial charge in [0.1, 0.15) is 6.54 Å². The van der Waals surface area contributed by atoms with Crippen LogP contribution in [-0.2, 0) is 9.59 Å². The molecule has 0 aliphatic carbocycles. The summed E-state index contributed by atoms with van der Waals surface area (Å²) in [5, 5.41) is 12.0. The minimum absolute atomic E-state index is 0.0607. The van der Waals surface area contributed by atoms with E-state index in [-0.39, 0.29) is 25.0 Å². The normalized spacial score (nSPS) is 11.4. The van der Waals surface area contributed by atoms with Gasteiger partial charge in [0.05, 0.1) is 26.3 Å². The number of carbonyl (C=O) groups excluding carboxylic acids is 1. The van der Waals surface area contributed by atoms with E-state index in [1.54, 1.807) is 37.4 Å². The molecule has 150 valence electrons. The van der Waals surface area contributed by atoms with Crippen LogP contribution in [0.2, 0.25) is 0 Å². The lowest BCUT2D eigenvalue weighted by Gasteiger charge is -2.24. The van der Waals surface area contributed by atoms with Crippen LogP contribution in [0.15, 0.2) is 48.5 Å². The molecule has 0 saturated heterocycles. The highest BCUT2D eigenvalue weighted by Crippen LogP contribution is 2.30. The van der Waals surface area contributed by atoms with Crippen molar-refractivity contribution >= 4 is 17.6 Å². The Morgan fingerprint density at radius 2 is 1.82 bits per heavy atom. The molecule has 0 aliphatic rings. The van der Waals surface area contributed by atoms with Gasteiger partial charge in [0.2, 0.25) is 5.91 Å². The maximum atomic E-state index is 12.5. The van der Waals surface area contributed by atoms with E-state index in [2.05, 4.69) is 5.32 Å². The van der Waals surface area contributed by atoms with E-state index in [0.29, 0.717) is 23.8 Å². The standard InChI is InChI=1S/C21H26N2O5/c1-4-28-18-11-10-16(12-19(18)27-3)15(2)22-20(24)13-23(14-21(25)26)17-8-6-5-7-9-17/h5-12,15H,4,13-14H2,1-3H3,(H,22,24)(H,25,26). The van der Waals surface area contributed by atoms with Crippen molar-refractivity contribution in [2.24, 2.45) is 0 Å². The van der Waals surface area contributed by atoms with E-state index in [1.165, 1.54) is 4.90 Å². The number of amides is 1. The van der Waals surface area contributed by atoms with Crippen LogP contribution >= 0.6 is 0 Å². The van der Waals surface area contributed by atoms with Crippen LogP contribution in [0.5, 0.6) is 11.5 Å². The van der Waals surface area contributed by atoms with Gasteiger partial charge in [-0.05, 0) is 43.7 Å². The smallest absolute Gasteiger partial charge is 0.323 e. The molecule has 0 radical (unpaired) electrons. The summed E-state index contributed by atoms with van der Waals surface area (Å²) in [5.41, 5.74) is 1.54. The van der Waals surface area contributed by atoms with Crippen LogP contribution in [0.25, 0.3) is 0 Å². The molecule has 0 spiro atoms. The van der Waals surface area contributed by atoms with Crippen LogP contribution in [-0.4, -0.2) is 43.8 Å². The van der Waals surface area contributed by atoms with Gasteiger partial charge in [-0.2, -0.15) is 0 Å². The molecule has 1 atom stereocenters. The summed E-state index contributed by atoms with van der Waals surface area (Å²) in [7, 11) is 1.56. The van der Waals surface area contributed by atoms with Gasteiger partial charge in [0.15, 0.2) is 11.5 Å². The Morgan fingerprint density at radius 3 is 2.43 bits per heavy atom. The van der Waals surface area contributed by atoms with Gasteiger partial charge in [-0.25, -0.2) is 0 Å². The van der Waals surface area contributed by atoms with E-state index < -0.39 is 5.97 Å². The lowest BCUT2D eigenvalue weighted by Crippen LogP contribution is -2.40. The Morgan fingerprint density at radius 1 is 1.11 bits per heavy atom. The number of carboxylic acids is 1. The number of methoxy groups -OCH3 is 1. The van der Waals surface area contributed by atoms with Gasteiger partial charge >= 0.3 is 5.97 Å². The number of anilines is 1. The van der Waals surface area contributed by atoms with Gasteiger partial charge in [-0.3, -0.25) is 9.59 Å². The average molecular weight is 386 g/mol. The fourth-order valence-electron chi connectivity index (χ4n) is 2.81. The van der Waals surface area contributed by atoms with Gasteiger partial charge in [-0.15, -0.1) is 0 Å². The van der Waals surface area contributed by atoms with Gasteiger partial charge in [0.25, 0.3) is 0 Å². The highest BCUT2D eigenvalue weighted by Gasteiger charge is 2.17. The zero-order chi connectivity index (χ0) is 20.5. The van der Waals surface area contributed by atoms with Crippen molar-refractivity contribution in [2.75, 3.05) is 31.7 Å². The third-order valence-corrected chi connectivity index (χ3v) is 4.15. The van der Waals surface area contributed by atoms with Crippen molar-refractivity contribution in [2.45, 2.75) is 19.9 Å². The van der Waals surface area contributed by atoms with Crippen molar-refractivity contribution in [1.82, 2.24) is 5.32 Å². The molecule has 0 aromatic heterocycles. The number of benzene rings is 2. The molecule has 2 N–H and O–H groups in total. The molecule has 0 heterocycles. The van der Waals surface area contributed by atoms with Crippen LogP contribution in [0, 0.1) is 0 Å². The summed E-state index contributed by atoms with van der Waals surface area (Å²) in [6, 6.07) is 14.2. The maximum absolute atomic E-state index is 12.5. The molecular weight excluding hydrogens is 360 g/mol. The van der Waals surface area contributed by atoms with Crippen LogP contribution in [0.4, 0.5) is 5.69 Å². The summed E-state index contributed by atoms with van der Waals surface area (Å²) < 4.78 is 10.9. The molecule has 0 aliphatic heterocycles. The fraction of sp³-hybridized carbons (Fsp3) is 0.333. The molecule has 0 saturated carbocycles. The van der Waals surface area contributed by atoms with E-state index >= 15 is 0 Å². The SMILES string of the molecule is CCOc1ccc(C(C)NC(=O)CN(CC(=O)O)c2ccccc2)cc1OC. The van der Waals surface area contributed by atoms with E-state index in [4.69, 9.17) is 14.6 Å². The number of carboxylic acid groups (broad SMARTS) is 1. The molecular formula is C21H26N2O5. The molecule has 28 heavy (non-hydrogen) atoms. The minimum atomic E-state index is -0.999. The first-order chi connectivity index (χ1) is 13.4. The predicted molar refractivity (Wildman–Crippen MR) is 107 cm³/mol. The second-order valence-corrected chi connectivity index (χ2v) is 6.22. The Kier molecular flexibility index (Phi) is 7.68. The summed E-state index contributed by atoms with van der Waals surface area (Å²) in [5.74, 6) is -0.0346. The van der Waals surface area contributed by atoms with E-state index in [0.717, 1.165) is 5.56 Å². The number of nitrogens with zero attached hydrogens (tertiary/aromatic N) is 1. The number of hydrogen-bond acceptors (Lipinski definition) is 5. The molecule has 7 heteroatoms. The molecule has 2 aromatic rings. The fourth-order valence-corrected chi connectivity index (χ4v) is 2.81. The van der Waals surface area contributed by atoms with E-state index in [1.807, 2.05) is 32.0 Å². The van der Waals surface area contributed by atoms with Gasteiger partial charge in [0, 0.05) is 5.69 Å². The van der Waals surface area contributed by atoms with Crippen molar-refractivity contribution in [3.8, 4) is 11.5 Å². The largest absolute Gasteiger partial charge is 0.493 e. The number of ether oxygens (including phenoxy) is 2. The highest BCUT2D eigenvalue weighted by molar-refractivity contribution is 5.84. The number of aliphatic carboxylic acids is 1. The predicted octanol–water partition coefficient (Wildman–Crippen LogP) is 2.86. The lowest BCUT2D eigenvalue weighted by molar-refractivity contribution is -0.135. The van der Waals surface area contributed by atoms with Crippen molar-refractivity contribution in [3.05, 3.63) is 54.1 Å². The Hall–Kier alpha value is -3.22. The quantitative estimate of drug-likeness (QED) is 0.653. The highest BCUT2D eigenvalue weighted by atomic mass is 16.5. The first kappa shape index (κ1) is 21.1. The van der Waals surface area contributed by atoms with Gasteiger partial charge < -0.3 is 24.8 Å². The zero-order valence-electron chi connectivity index (χ0n) is 16.3. The Bertz CT molecular complexity index is 795. The topological polar surface area (TPSA) is 88.1 Å². The van der Waals surface area contributed by atoms with Crippen LogP contribution < -0.4 is 19.7 Å². The second-order valence-electron chi connectivity index (χ2n) is 6.22. The molecule has 0 fully saturated rings. The number of para-hydroxylation sites is 1. The van der Waals surface area contributed by atoms with Crippen molar-refractivity contribution in [3.63, 3.8) is 0 Å². The van der Waals surface area contributed by atoms with Crippen LogP contribution in [0.3, 0.4) is 0 Å². The number of carbonyl (C=O) groups is 2. The summed E-state index contributed by atoms with van der Waals surface area (Å²) in [6.45, 7) is 3.96. The zero-order valence-corrected chi connectivity index (χ0v) is 16.3. The third-order valence-electron chi connectivity index (χ3n) is 4.15. The van der Waals surface area contributed by atoms with E-state index in [9.17, 15) is 9.59 Å². The van der Waals surface area contributed by atoms with Crippen molar-refractivity contribution in [1.29, 1.82) is 0 Å². The first-order valence-corrected chi connectivity index (χ1v) is 9.06. The molecule has 1 unspecified atom stereocenters. The summed E-state index contributed by atoms with van der Waals surface area (Å²) in [6.07, 6.45) is 0. The summed E-state index contributed by atoms with van der Waals surface area (Å²) in [4.78, 5) is 25.2. The summed E-state index contributed by atoms with van der Waals surface area (Å²) >= 11 is 0. The van der Waals surface area contributed by atoms with Gasteiger partial charge in [-0.1, -0.05) is 24.3 Å². The molecule has 0 bridgehead atoms. The number of nitrogens with one attached hydrogen (secondary N) is 1. The van der Waals surface area contributed by atoms with Crippen molar-refractivity contribution < 1.29 is 24.2 Å². The molecule has 2 rings (SSSR count). The third kappa shape index (κ3) is 5.90. The van der Waals surface area contributed by atoms with Crippen LogP contribution in [0.1, 0.15) is 25.5 Å². The second kappa shape index (κ2) is 10.2. The molecule has 7 nitrogen and oxygen atoms in total. The molecule has 1 amide bonds. The number of hydrogen-bond donors (Lipinski definition) is 2. The number of rotatable bonds is 10. The Balaban J connectivity index is 2.07. The first-order valence-electron chi connectivity index (χ1n) is 9.06. The average Bonchev–Trinajstić information content (AvgIpc) is 2.68. The Labute approximate surface area is 164 Å². The lowest BCUT2D eigenvalue weighted by atomic mass is 10.1.